The van der Waals surface area contributed by atoms with Gasteiger partial charge < -0.3 is 9.73 Å². The van der Waals surface area contributed by atoms with Crippen LogP contribution >= 0.6 is 11.3 Å². The van der Waals surface area contributed by atoms with Crippen LogP contribution in [0, 0.1) is 0 Å². The Balaban J connectivity index is 1.30. The highest BCUT2D eigenvalue weighted by Crippen LogP contribution is 2.20. The van der Waals surface area contributed by atoms with E-state index < -0.39 is 0 Å². The van der Waals surface area contributed by atoms with Crippen LogP contribution in [-0.2, 0) is 17.8 Å². The van der Waals surface area contributed by atoms with E-state index in [1.807, 2.05) is 35.0 Å². The van der Waals surface area contributed by atoms with Gasteiger partial charge >= 0.3 is 0 Å². The van der Waals surface area contributed by atoms with Crippen LogP contribution in [0.4, 0.5) is 0 Å². The van der Waals surface area contributed by atoms with Crippen molar-refractivity contribution in [3.05, 3.63) is 70.7 Å². The second-order valence-electron chi connectivity index (χ2n) is 5.97. The first-order valence-corrected chi connectivity index (χ1v) is 9.31. The number of nitrogens with one attached hydrogen (secondary N) is 1. The van der Waals surface area contributed by atoms with Crippen molar-refractivity contribution in [2.24, 2.45) is 0 Å². The highest BCUT2D eigenvalue weighted by atomic mass is 32.1. The Morgan fingerprint density at radius 2 is 1.96 bits per heavy atom. The van der Waals surface area contributed by atoms with Crippen LogP contribution in [0.5, 0.6) is 0 Å². The molecule has 0 unspecified atom stereocenters. The Kier molecular flexibility index (Phi) is 4.75. The number of fused-ring (bicyclic) bond motifs is 1. The fourth-order valence-electron chi connectivity index (χ4n) is 2.72. The summed E-state index contributed by atoms with van der Waals surface area (Å²) in [5, 5.41) is 17.2. The van der Waals surface area contributed by atoms with Crippen molar-refractivity contribution >= 4 is 28.0 Å². The summed E-state index contributed by atoms with van der Waals surface area (Å²) in [6.45, 7) is 0.508. The lowest BCUT2D eigenvalue weighted by molar-refractivity contribution is -0.121. The van der Waals surface area contributed by atoms with E-state index in [1.165, 1.54) is 10.8 Å². The Morgan fingerprint density at radius 3 is 2.81 bits per heavy atom. The lowest BCUT2D eigenvalue weighted by atomic mass is 10.1. The number of thiophene rings is 1. The monoisotopic (exact) mass is 363 g/mol. The molecule has 1 amide bonds. The molecule has 2 heterocycles. The first-order chi connectivity index (χ1) is 12.8. The summed E-state index contributed by atoms with van der Waals surface area (Å²) in [6.07, 6.45) is 0.750. The van der Waals surface area contributed by atoms with Gasteiger partial charge in [0.1, 0.15) is 0 Å². The Morgan fingerprint density at radius 1 is 1.08 bits per heavy atom. The highest BCUT2D eigenvalue weighted by Gasteiger charge is 2.10. The predicted octanol–water partition coefficient (Wildman–Crippen LogP) is 4.20. The van der Waals surface area contributed by atoms with Gasteiger partial charge in [-0.3, -0.25) is 4.79 Å². The van der Waals surface area contributed by atoms with Crippen LogP contribution in [0.15, 0.2) is 63.7 Å². The van der Waals surface area contributed by atoms with E-state index in [4.69, 9.17) is 4.42 Å². The molecule has 0 aliphatic heterocycles. The molecule has 0 radical (unpaired) electrons. The number of hydrogen-bond donors (Lipinski definition) is 1. The number of nitrogens with zero attached hydrogens (tertiary/aromatic N) is 2. The van der Waals surface area contributed by atoms with Crippen LogP contribution in [0.3, 0.4) is 0 Å². The van der Waals surface area contributed by atoms with E-state index in [0.29, 0.717) is 31.2 Å². The molecule has 5 nitrogen and oxygen atoms in total. The highest BCUT2D eigenvalue weighted by molar-refractivity contribution is 7.08. The number of carbonyl (C=O) groups excluding carboxylic acids is 1. The first-order valence-electron chi connectivity index (χ1n) is 8.37. The number of carbonyl (C=O) groups is 1. The zero-order valence-corrected chi connectivity index (χ0v) is 14.8. The summed E-state index contributed by atoms with van der Waals surface area (Å²) in [5.41, 5.74) is 1.99. The summed E-state index contributed by atoms with van der Waals surface area (Å²) in [6, 6.07) is 16.3. The van der Waals surface area contributed by atoms with Gasteiger partial charge in [-0.25, -0.2) is 0 Å². The summed E-state index contributed by atoms with van der Waals surface area (Å²) in [5.74, 6) is 0.943. The molecule has 0 spiro atoms. The van der Waals surface area contributed by atoms with E-state index in [9.17, 15) is 4.79 Å². The first kappa shape index (κ1) is 16.5. The van der Waals surface area contributed by atoms with Gasteiger partial charge in [-0.05, 0) is 33.8 Å². The molecule has 4 aromatic rings. The second kappa shape index (κ2) is 7.49. The van der Waals surface area contributed by atoms with Gasteiger partial charge in [0.05, 0.1) is 0 Å². The normalized spacial score (nSPS) is 10.9. The molecule has 0 fully saturated rings. The van der Waals surface area contributed by atoms with Crippen LogP contribution in [0.2, 0.25) is 0 Å². The van der Waals surface area contributed by atoms with Crippen LogP contribution in [-0.4, -0.2) is 16.1 Å². The van der Waals surface area contributed by atoms with E-state index in [1.54, 1.807) is 11.3 Å². The molecule has 0 aliphatic rings. The van der Waals surface area contributed by atoms with Crippen molar-refractivity contribution in [2.75, 3.05) is 0 Å². The number of hydrogen-bond acceptors (Lipinski definition) is 5. The van der Waals surface area contributed by atoms with Gasteiger partial charge in [0, 0.05) is 30.3 Å². The maximum absolute atomic E-state index is 12.1. The molecule has 0 aliphatic carbocycles. The molecule has 0 atom stereocenters. The topological polar surface area (TPSA) is 68.0 Å². The minimum absolute atomic E-state index is 0.0339. The van der Waals surface area contributed by atoms with Gasteiger partial charge in [-0.2, -0.15) is 11.3 Å². The molecular formula is C20H17N3O2S. The lowest BCUT2D eigenvalue weighted by Crippen LogP contribution is -2.23. The van der Waals surface area contributed by atoms with E-state index in [-0.39, 0.29) is 5.91 Å². The average molecular weight is 363 g/mol. The number of amides is 1. The molecule has 6 heteroatoms. The van der Waals surface area contributed by atoms with Gasteiger partial charge in [0.15, 0.2) is 0 Å². The third-order valence-electron chi connectivity index (χ3n) is 4.10. The third kappa shape index (κ3) is 3.81. The minimum atomic E-state index is -0.0339. The van der Waals surface area contributed by atoms with Crippen LogP contribution in [0.25, 0.3) is 22.2 Å². The largest absolute Gasteiger partial charge is 0.421 e. The Hall–Kier alpha value is -2.99. The Bertz CT molecular complexity index is 1020. The fraction of sp³-hybridized carbons (Fsp3) is 0.150. The van der Waals surface area contributed by atoms with Gasteiger partial charge in [0.25, 0.3) is 0 Å². The molecule has 2 aromatic carbocycles. The zero-order chi connectivity index (χ0) is 17.8. The van der Waals surface area contributed by atoms with Gasteiger partial charge in [-0.15, -0.1) is 10.2 Å². The molecule has 0 saturated heterocycles. The molecule has 1 N–H and O–H groups in total. The van der Waals surface area contributed by atoms with Crippen LogP contribution in [0.1, 0.15) is 17.9 Å². The average Bonchev–Trinajstić information content (AvgIpc) is 3.36. The van der Waals surface area contributed by atoms with E-state index in [0.717, 1.165) is 11.1 Å². The summed E-state index contributed by atoms with van der Waals surface area (Å²) >= 11 is 1.58. The second-order valence-corrected chi connectivity index (χ2v) is 6.75. The smallest absolute Gasteiger partial charge is 0.248 e. The quantitative estimate of drug-likeness (QED) is 0.557. The number of aromatic nitrogens is 2. The lowest BCUT2D eigenvalue weighted by Gasteiger charge is -2.06. The molecule has 26 heavy (non-hydrogen) atoms. The molecule has 4 rings (SSSR count). The molecule has 130 valence electrons. The number of benzene rings is 2. The number of rotatable bonds is 6. The van der Waals surface area contributed by atoms with Gasteiger partial charge in [-0.1, -0.05) is 36.4 Å². The van der Waals surface area contributed by atoms with E-state index in [2.05, 4.69) is 39.8 Å². The van der Waals surface area contributed by atoms with Crippen LogP contribution < -0.4 is 5.32 Å². The third-order valence-corrected chi connectivity index (χ3v) is 4.79. The van der Waals surface area contributed by atoms with Crippen molar-refractivity contribution in [3.8, 4) is 11.5 Å². The van der Waals surface area contributed by atoms with Crippen molar-refractivity contribution in [1.29, 1.82) is 0 Å². The summed E-state index contributed by atoms with van der Waals surface area (Å²) < 4.78 is 5.59. The maximum Gasteiger partial charge on any atom is 0.248 e. The maximum atomic E-state index is 12.1. The molecule has 0 bridgehead atoms. The summed E-state index contributed by atoms with van der Waals surface area (Å²) in [4.78, 5) is 12.1. The van der Waals surface area contributed by atoms with E-state index >= 15 is 0 Å². The van der Waals surface area contributed by atoms with Crippen molar-refractivity contribution in [3.63, 3.8) is 0 Å². The SMILES string of the molecule is O=C(CCc1nnc(-c2ccsc2)o1)NCc1ccc2ccccc2c1. The molecule has 2 aromatic heterocycles. The van der Waals surface area contributed by atoms with Crippen molar-refractivity contribution in [2.45, 2.75) is 19.4 Å². The predicted molar refractivity (Wildman–Crippen MR) is 102 cm³/mol. The molecule has 0 saturated carbocycles. The zero-order valence-electron chi connectivity index (χ0n) is 14.0. The van der Waals surface area contributed by atoms with Crippen molar-refractivity contribution < 1.29 is 9.21 Å². The fourth-order valence-corrected chi connectivity index (χ4v) is 3.35. The van der Waals surface area contributed by atoms with Gasteiger partial charge in [0.2, 0.25) is 17.7 Å². The minimum Gasteiger partial charge on any atom is -0.421 e. The number of aryl methyl sites for hydroxylation is 1. The van der Waals surface area contributed by atoms with Crippen molar-refractivity contribution in [1.82, 2.24) is 15.5 Å². The summed E-state index contributed by atoms with van der Waals surface area (Å²) in [7, 11) is 0. The molecular weight excluding hydrogens is 346 g/mol. The Labute approximate surface area is 154 Å². The standard InChI is InChI=1S/C20H17N3O2S/c24-18(7-8-19-22-23-20(25-19)17-9-10-26-13-17)21-12-14-5-6-15-3-1-2-4-16(15)11-14/h1-6,9-11,13H,7-8,12H2,(H,21,24).